The van der Waals surface area contributed by atoms with Crippen molar-refractivity contribution in [2.24, 2.45) is 5.84 Å². The topological polar surface area (TPSA) is 38.0 Å². The zero-order valence-corrected chi connectivity index (χ0v) is 13.0. The molecule has 0 radical (unpaired) electrons. The van der Waals surface area contributed by atoms with E-state index in [2.05, 4.69) is 52.5 Å². The summed E-state index contributed by atoms with van der Waals surface area (Å²) in [5, 5.41) is 0. The van der Waals surface area contributed by atoms with Gasteiger partial charge in [-0.3, -0.25) is 11.3 Å². The van der Waals surface area contributed by atoms with Gasteiger partial charge in [-0.15, -0.1) is 0 Å². The molecule has 0 aliphatic heterocycles. The van der Waals surface area contributed by atoms with Gasteiger partial charge >= 0.3 is 0 Å². The summed E-state index contributed by atoms with van der Waals surface area (Å²) in [6, 6.07) is 13.1. The Hall–Kier alpha value is -1.23. The highest BCUT2D eigenvalue weighted by Gasteiger charge is 2.15. The maximum absolute atomic E-state index is 14.0. The molecule has 20 heavy (non-hydrogen) atoms. The first-order valence-corrected chi connectivity index (χ1v) is 7.42. The van der Waals surface area contributed by atoms with Gasteiger partial charge in [0.05, 0.1) is 6.04 Å². The maximum atomic E-state index is 14.0. The SMILES string of the molecule is CCc1ccc(CC(NN)c2ccc(Br)cc2F)cc1. The minimum absolute atomic E-state index is 0.240. The molecule has 0 aromatic heterocycles. The van der Waals surface area contributed by atoms with E-state index in [4.69, 9.17) is 5.84 Å². The molecule has 0 bridgehead atoms. The van der Waals surface area contributed by atoms with Crippen LogP contribution >= 0.6 is 15.9 Å². The van der Waals surface area contributed by atoms with Crippen molar-refractivity contribution in [3.8, 4) is 0 Å². The summed E-state index contributed by atoms with van der Waals surface area (Å²) in [7, 11) is 0. The molecule has 1 atom stereocenters. The van der Waals surface area contributed by atoms with E-state index in [1.54, 1.807) is 6.07 Å². The Kier molecular flexibility index (Phi) is 5.29. The van der Waals surface area contributed by atoms with Crippen molar-refractivity contribution in [3.63, 3.8) is 0 Å². The van der Waals surface area contributed by atoms with E-state index in [0.717, 1.165) is 16.5 Å². The number of rotatable bonds is 5. The maximum Gasteiger partial charge on any atom is 0.129 e. The smallest absolute Gasteiger partial charge is 0.129 e. The first-order chi connectivity index (χ1) is 9.63. The Morgan fingerprint density at radius 1 is 1.15 bits per heavy atom. The molecule has 0 saturated carbocycles. The molecule has 0 amide bonds. The summed E-state index contributed by atoms with van der Waals surface area (Å²) in [5.41, 5.74) is 5.70. The second-order valence-electron chi connectivity index (χ2n) is 4.76. The molecule has 0 aliphatic carbocycles. The lowest BCUT2D eigenvalue weighted by Crippen LogP contribution is -2.30. The van der Waals surface area contributed by atoms with Gasteiger partial charge < -0.3 is 0 Å². The molecule has 2 aromatic rings. The van der Waals surface area contributed by atoms with Crippen LogP contribution in [0, 0.1) is 5.82 Å². The van der Waals surface area contributed by atoms with Gasteiger partial charge in [-0.2, -0.15) is 0 Å². The number of nitrogens with one attached hydrogen (secondary N) is 1. The van der Waals surface area contributed by atoms with Crippen LogP contribution in [0.25, 0.3) is 0 Å². The molecule has 2 aromatic carbocycles. The summed E-state index contributed by atoms with van der Waals surface area (Å²) in [5.74, 6) is 5.33. The van der Waals surface area contributed by atoms with Crippen LogP contribution in [0.2, 0.25) is 0 Å². The predicted octanol–water partition coefficient (Wildman–Crippen LogP) is 3.90. The number of hydrogen-bond acceptors (Lipinski definition) is 2. The number of benzene rings is 2. The van der Waals surface area contributed by atoms with Gasteiger partial charge in [0.2, 0.25) is 0 Å². The first-order valence-electron chi connectivity index (χ1n) is 6.63. The normalized spacial score (nSPS) is 12.4. The highest BCUT2D eigenvalue weighted by molar-refractivity contribution is 9.10. The van der Waals surface area contributed by atoms with Crippen molar-refractivity contribution >= 4 is 15.9 Å². The van der Waals surface area contributed by atoms with E-state index in [1.807, 2.05) is 6.07 Å². The Balaban J connectivity index is 2.19. The molecular formula is C16H18BrFN2. The van der Waals surface area contributed by atoms with Crippen molar-refractivity contribution in [1.29, 1.82) is 0 Å². The van der Waals surface area contributed by atoms with E-state index in [9.17, 15) is 4.39 Å². The standard InChI is InChI=1S/C16H18BrFN2/c1-2-11-3-5-12(6-4-11)9-16(20-19)14-8-7-13(17)10-15(14)18/h3-8,10,16,20H,2,9,19H2,1H3. The lowest BCUT2D eigenvalue weighted by atomic mass is 9.98. The number of nitrogens with two attached hydrogens (primary N) is 1. The van der Waals surface area contributed by atoms with Crippen LogP contribution in [0.1, 0.15) is 29.7 Å². The quantitative estimate of drug-likeness (QED) is 0.642. The van der Waals surface area contributed by atoms with Crippen LogP contribution in [0.4, 0.5) is 4.39 Å². The fraction of sp³-hybridized carbons (Fsp3) is 0.250. The van der Waals surface area contributed by atoms with E-state index in [-0.39, 0.29) is 11.9 Å². The van der Waals surface area contributed by atoms with Gasteiger partial charge in [0.15, 0.2) is 0 Å². The predicted molar refractivity (Wildman–Crippen MR) is 83.7 cm³/mol. The Morgan fingerprint density at radius 2 is 1.80 bits per heavy atom. The zero-order valence-electron chi connectivity index (χ0n) is 11.4. The molecule has 3 N–H and O–H groups in total. The van der Waals surface area contributed by atoms with Crippen LogP contribution < -0.4 is 11.3 Å². The zero-order chi connectivity index (χ0) is 14.5. The lowest BCUT2D eigenvalue weighted by Gasteiger charge is -2.17. The van der Waals surface area contributed by atoms with Crippen molar-refractivity contribution in [3.05, 3.63) is 69.4 Å². The summed E-state index contributed by atoms with van der Waals surface area (Å²) >= 11 is 3.26. The van der Waals surface area contributed by atoms with Crippen molar-refractivity contribution in [1.82, 2.24) is 5.43 Å². The molecule has 0 heterocycles. The Morgan fingerprint density at radius 3 is 2.35 bits per heavy atom. The monoisotopic (exact) mass is 336 g/mol. The van der Waals surface area contributed by atoms with Gasteiger partial charge in [-0.25, -0.2) is 4.39 Å². The van der Waals surface area contributed by atoms with Gasteiger partial charge in [-0.05, 0) is 36.1 Å². The van der Waals surface area contributed by atoms with E-state index in [1.165, 1.54) is 11.6 Å². The van der Waals surface area contributed by atoms with Crippen LogP contribution in [-0.4, -0.2) is 0 Å². The second-order valence-corrected chi connectivity index (χ2v) is 5.67. The number of halogens is 2. The highest BCUT2D eigenvalue weighted by atomic mass is 79.9. The van der Waals surface area contributed by atoms with Gasteiger partial charge in [0.1, 0.15) is 5.82 Å². The summed E-state index contributed by atoms with van der Waals surface area (Å²) in [4.78, 5) is 0. The van der Waals surface area contributed by atoms with Crippen LogP contribution in [-0.2, 0) is 12.8 Å². The number of hydrogen-bond donors (Lipinski definition) is 2. The molecule has 2 rings (SSSR count). The molecule has 2 nitrogen and oxygen atoms in total. The van der Waals surface area contributed by atoms with E-state index >= 15 is 0 Å². The Bertz CT molecular complexity index is 569. The van der Waals surface area contributed by atoms with Crippen LogP contribution in [0.5, 0.6) is 0 Å². The molecule has 0 aliphatic rings. The number of hydrazine groups is 1. The average molecular weight is 337 g/mol. The van der Waals surface area contributed by atoms with Crippen molar-refractivity contribution < 1.29 is 4.39 Å². The minimum atomic E-state index is -0.257. The third-order valence-electron chi connectivity index (χ3n) is 3.41. The first kappa shape index (κ1) is 15.2. The van der Waals surface area contributed by atoms with Gasteiger partial charge in [-0.1, -0.05) is 53.2 Å². The average Bonchev–Trinajstić information content (AvgIpc) is 2.46. The third kappa shape index (κ3) is 3.66. The fourth-order valence-corrected chi connectivity index (χ4v) is 2.52. The molecule has 106 valence electrons. The fourth-order valence-electron chi connectivity index (χ4n) is 2.19. The minimum Gasteiger partial charge on any atom is -0.271 e. The lowest BCUT2D eigenvalue weighted by molar-refractivity contribution is 0.510. The van der Waals surface area contributed by atoms with Gasteiger partial charge in [0.25, 0.3) is 0 Å². The van der Waals surface area contributed by atoms with E-state index in [0.29, 0.717) is 12.0 Å². The second kappa shape index (κ2) is 6.97. The van der Waals surface area contributed by atoms with Crippen molar-refractivity contribution in [2.45, 2.75) is 25.8 Å². The summed E-state index contributed by atoms with van der Waals surface area (Å²) < 4.78 is 14.7. The molecule has 4 heteroatoms. The highest BCUT2D eigenvalue weighted by Crippen LogP contribution is 2.23. The summed E-state index contributed by atoms with van der Waals surface area (Å²) in [6.45, 7) is 2.12. The Labute approximate surface area is 127 Å². The molecule has 1 unspecified atom stereocenters. The summed E-state index contributed by atoms with van der Waals surface area (Å²) in [6.07, 6.45) is 1.67. The molecular weight excluding hydrogens is 319 g/mol. The van der Waals surface area contributed by atoms with Crippen LogP contribution in [0.3, 0.4) is 0 Å². The van der Waals surface area contributed by atoms with Crippen molar-refractivity contribution in [2.75, 3.05) is 0 Å². The molecule has 0 fully saturated rings. The largest absolute Gasteiger partial charge is 0.271 e. The number of aryl methyl sites for hydroxylation is 1. The molecule has 0 saturated heterocycles. The molecule has 0 spiro atoms. The van der Waals surface area contributed by atoms with Crippen LogP contribution in [0.15, 0.2) is 46.9 Å². The van der Waals surface area contributed by atoms with E-state index < -0.39 is 0 Å². The third-order valence-corrected chi connectivity index (χ3v) is 3.90. The van der Waals surface area contributed by atoms with Gasteiger partial charge in [0, 0.05) is 10.0 Å².